The lowest BCUT2D eigenvalue weighted by molar-refractivity contribution is -0.124. The Morgan fingerprint density at radius 1 is 1.78 bits per heavy atom. The summed E-state index contributed by atoms with van der Waals surface area (Å²) in [4.78, 5) is 20.3. The van der Waals surface area contributed by atoms with Crippen LogP contribution in [0.1, 0.15) is 19.8 Å². The van der Waals surface area contributed by atoms with Crippen molar-refractivity contribution in [2.24, 2.45) is 11.7 Å². The van der Waals surface area contributed by atoms with E-state index in [2.05, 4.69) is 0 Å². The van der Waals surface area contributed by atoms with E-state index in [1.165, 1.54) is 0 Å². The molecule has 9 heavy (non-hydrogen) atoms. The lowest BCUT2D eigenvalue weighted by Crippen LogP contribution is -2.22. The van der Waals surface area contributed by atoms with Gasteiger partial charge in [-0.25, -0.2) is 0 Å². The summed E-state index contributed by atoms with van der Waals surface area (Å²) in [6, 6.07) is 0. The van der Waals surface area contributed by atoms with Gasteiger partial charge < -0.3 is 10.5 Å². The molecule has 0 rings (SSSR count). The monoisotopic (exact) mass is 129 g/mol. The number of aldehydes is 1. The van der Waals surface area contributed by atoms with Crippen molar-refractivity contribution in [2.75, 3.05) is 0 Å². The molecule has 0 radical (unpaired) electrons. The van der Waals surface area contributed by atoms with Crippen LogP contribution in [0, 0.1) is 5.92 Å². The Labute approximate surface area is 54.2 Å². The maximum absolute atomic E-state index is 10.4. The molecule has 0 saturated carbocycles. The number of rotatable bonds is 4. The van der Waals surface area contributed by atoms with Crippen LogP contribution >= 0.6 is 0 Å². The molecular formula is C6H11NO2. The minimum atomic E-state index is -0.385. The first-order valence-electron chi connectivity index (χ1n) is 2.95. The van der Waals surface area contributed by atoms with Crippen molar-refractivity contribution in [2.45, 2.75) is 19.8 Å². The molecule has 1 atom stereocenters. The van der Waals surface area contributed by atoms with E-state index in [1.54, 1.807) is 0 Å². The van der Waals surface area contributed by atoms with Crippen LogP contribution in [0.2, 0.25) is 0 Å². The van der Waals surface area contributed by atoms with Gasteiger partial charge in [-0.05, 0) is 6.42 Å². The predicted molar refractivity (Wildman–Crippen MR) is 33.7 cm³/mol. The van der Waals surface area contributed by atoms with E-state index < -0.39 is 0 Å². The van der Waals surface area contributed by atoms with Crippen LogP contribution in [0.15, 0.2) is 0 Å². The molecule has 0 heterocycles. The van der Waals surface area contributed by atoms with E-state index in [-0.39, 0.29) is 18.2 Å². The molecule has 0 saturated heterocycles. The van der Waals surface area contributed by atoms with Crippen LogP contribution < -0.4 is 5.73 Å². The number of amides is 1. The van der Waals surface area contributed by atoms with Gasteiger partial charge >= 0.3 is 0 Å². The highest BCUT2D eigenvalue weighted by molar-refractivity contribution is 5.78. The number of hydrogen-bond donors (Lipinski definition) is 1. The van der Waals surface area contributed by atoms with Crippen LogP contribution in [0.25, 0.3) is 0 Å². The maximum atomic E-state index is 10.4. The summed E-state index contributed by atoms with van der Waals surface area (Å²) in [6.45, 7) is 1.83. The summed E-state index contributed by atoms with van der Waals surface area (Å²) in [5.74, 6) is -0.646. The minimum absolute atomic E-state index is 0.256. The van der Waals surface area contributed by atoms with Gasteiger partial charge in [0.05, 0.1) is 0 Å². The Morgan fingerprint density at radius 2 is 2.33 bits per heavy atom. The third-order valence-electron chi connectivity index (χ3n) is 1.28. The Hall–Kier alpha value is -0.860. The molecule has 0 aliphatic rings. The van der Waals surface area contributed by atoms with Gasteiger partial charge in [-0.1, -0.05) is 6.92 Å². The maximum Gasteiger partial charge on any atom is 0.220 e. The molecule has 0 bridgehead atoms. The van der Waals surface area contributed by atoms with Crippen molar-refractivity contribution in [3.63, 3.8) is 0 Å². The normalized spacial score (nSPS) is 12.6. The highest BCUT2D eigenvalue weighted by Crippen LogP contribution is 2.03. The molecule has 0 spiro atoms. The largest absolute Gasteiger partial charge is 0.369 e. The van der Waals surface area contributed by atoms with Crippen molar-refractivity contribution in [3.8, 4) is 0 Å². The summed E-state index contributed by atoms with van der Waals surface area (Å²) < 4.78 is 0. The first-order chi connectivity index (χ1) is 4.22. The summed E-state index contributed by atoms with van der Waals surface area (Å²) in [5, 5.41) is 0. The average Bonchev–Trinajstić information content (AvgIpc) is 1.82. The van der Waals surface area contributed by atoms with Gasteiger partial charge in [0.1, 0.15) is 6.29 Å². The van der Waals surface area contributed by atoms with Crippen molar-refractivity contribution in [1.29, 1.82) is 0 Å². The molecule has 0 aromatic rings. The fraction of sp³-hybridized carbons (Fsp3) is 0.667. The van der Waals surface area contributed by atoms with Gasteiger partial charge in [0.15, 0.2) is 0 Å². The summed E-state index contributed by atoms with van der Waals surface area (Å²) in [6.07, 6.45) is 1.62. The smallest absolute Gasteiger partial charge is 0.220 e. The molecule has 1 amide bonds. The second kappa shape index (κ2) is 4.06. The van der Waals surface area contributed by atoms with Crippen LogP contribution in [0.5, 0.6) is 0 Å². The number of hydrogen-bond acceptors (Lipinski definition) is 2. The van der Waals surface area contributed by atoms with Crippen molar-refractivity contribution < 1.29 is 9.59 Å². The van der Waals surface area contributed by atoms with Crippen molar-refractivity contribution >= 4 is 12.2 Å². The van der Waals surface area contributed by atoms with E-state index in [0.717, 1.165) is 6.29 Å². The summed E-state index contributed by atoms with van der Waals surface area (Å²) in [7, 11) is 0. The molecule has 0 aromatic heterocycles. The highest BCUT2D eigenvalue weighted by Gasteiger charge is 2.10. The van der Waals surface area contributed by atoms with E-state index >= 15 is 0 Å². The molecular weight excluding hydrogens is 118 g/mol. The van der Waals surface area contributed by atoms with E-state index in [1.807, 2.05) is 6.92 Å². The van der Waals surface area contributed by atoms with E-state index in [0.29, 0.717) is 6.42 Å². The molecule has 0 fully saturated rings. The zero-order valence-corrected chi connectivity index (χ0v) is 5.46. The molecule has 3 heteroatoms. The lowest BCUT2D eigenvalue weighted by atomic mass is 10.0. The zero-order chi connectivity index (χ0) is 7.28. The molecule has 1 unspecified atom stereocenters. The number of primary amides is 1. The first-order valence-corrected chi connectivity index (χ1v) is 2.95. The van der Waals surface area contributed by atoms with Crippen LogP contribution in [0.3, 0.4) is 0 Å². The zero-order valence-electron chi connectivity index (χ0n) is 5.46. The minimum Gasteiger partial charge on any atom is -0.369 e. The Kier molecular flexibility index (Phi) is 3.67. The standard InChI is InChI=1S/C6H11NO2/c1-2-5(3-4-8)6(7)9/h4-5H,2-3H2,1H3,(H2,7,9). The SMILES string of the molecule is CCC(CC=O)C(N)=O. The molecule has 2 N–H and O–H groups in total. The summed E-state index contributed by atoms with van der Waals surface area (Å²) >= 11 is 0. The summed E-state index contributed by atoms with van der Waals surface area (Å²) in [5.41, 5.74) is 4.94. The fourth-order valence-corrected chi connectivity index (χ4v) is 0.600. The van der Waals surface area contributed by atoms with Gasteiger partial charge in [0, 0.05) is 12.3 Å². The van der Waals surface area contributed by atoms with Gasteiger partial charge in [0.2, 0.25) is 5.91 Å². The van der Waals surface area contributed by atoms with Gasteiger partial charge in [-0.2, -0.15) is 0 Å². The number of carbonyl (C=O) groups excluding carboxylic acids is 2. The van der Waals surface area contributed by atoms with Crippen molar-refractivity contribution in [3.05, 3.63) is 0 Å². The Bertz CT molecular complexity index is 112. The topological polar surface area (TPSA) is 60.2 Å². The number of carbonyl (C=O) groups is 2. The molecule has 0 aliphatic carbocycles. The highest BCUT2D eigenvalue weighted by atomic mass is 16.1. The molecule has 0 aromatic carbocycles. The fourth-order valence-electron chi connectivity index (χ4n) is 0.600. The van der Waals surface area contributed by atoms with Gasteiger partial charge in [0.25, 0.3) is 0 Å². The third kappa shape index (κ3) is 2.85. The predicted octanol–water partition coefficient (Wildman–Crippen LogP) is 0.0869. The average molecular weight is 129 g/mol. The second-order valence-electron chi connectivity index (χ2n) is 1.91. The number of nitrogens with two attached hydrogens (primary N) is 1. The first kappa shape index (κ1) is 8.14. The molecule has 0 aliphatic heterocycles. The Morgan fingerprint density at radius 3 is 2.44 bits per heavy atom. The van der Waals surface area contributed by atoms with Gasteiger partial charge in [-0.3, -0.25) is 4.79 Å². The van der Waals surface area contributed by atoms with Crippen LogP contribution in [0.4, 0.5) is 0 Å². The van der Waals surface area contributed by atoms with E-state index in [4.69, 9.17) is 5.73 Å². The molecule has 3 nitrogen and oxygen atoms in total. The van der Waals surface area contributed by atoms with E-state index in [9.17, 15) is 9.59 Å². The third-order valence-corrected chi connectivity index (χ3v) is 1.28. The Balaban J connectivity index is 3.67. The van der Waals surface area contributed by atoms with Crippen LogP contribution in [-0.2, 0) is 9.59 Å². The quantitative estimate of drug-likeness (QED) is 0.547. The second-order valence-corrected chi connectivity index (χ2v) is 1.91. The van der Waals surface area contributed by atoms with Crippen molar-refractivity contribution in [1.82, 2.24) is 0 Å². The lowest BCUT2D eigenvalue weighted by Gasteiger charge is -2.03. The van der Waals surface area contributed by atoms with Crippen LogP contribution in [-0.4, -0.2) is 12.2 Å². The van der Waals surface area contributed by atoms with Gasteiger partial charge in [-0.15, -0.1) is 0 Å². The molecule has 52 valence electrons.